The summed E-state index contributed by atoms with van der Waals surface area (Å²) >= 11 is 0. The van der Waals surface area contributed by atoms with Crippen molar-refractivity contribution < 1.29 is 19.6 Å². The van der Waals surface area contributed by atoms with Gasteiger partial charge in [0.15, 0.2) is 0 Å². The van der Waals surface area contributed by atoms with Gasteiger partial charge in [-0.2, -0.15) is 0 Å². The highest BCUT2D eigenvalue weighted by molar-refractivity contribution is 6.58. The molecule has 0 aromatic heterocycles. The molecule has 13 heavy (non-hydrogen) atoms. The summed E-state index contributed by atoms with van der Waals surface area (Å²) in [7, 11) is -1.55. The fraction of sp³-hybridized carbons (Fsp3) is 0.125. The third-order valence-electron chi connectivity index (χ3n) is 1.42. The third-order valence-corrected chi connectivity index (χ3v) is 1.42. The van der Waals surface area contributed by atoms with E-state index in [1.807, 2.05) is 0 Å². The Morgan fingerprint density at radius 1 is 1.46 bits per heavy atom. The Morgan fingerprint density at radius 3 is 2.69 bits per heavy atom. The first-order chi connectivity index (χ1) is 6.09. The molecule has 1 rings (SSSR count). The molecule has 0 heterocycles. The smallest absolute Gasteiger partial charge is 0.427 e. The highest BCUT2D eigenvalue weighted by Gasteiger charge is 2.11. The van der Waals surface area contributed by atoms with Crippen LogP contribution in [-0.4, -0.2) is 23.1 Å². The molecule has 0 atom stereocenters. The van der Waals surface area contributed by atoms with E-state index in [4.69, 9.17) is 14.8 Å². The molecule has 0 aliphatic heterocycles. The van der Waals surface area contributed by atoms with Crippen molar-refractivity contribution in [3.05, 3.63) is 24.3 Å². The number of ether oxygens (including phenoxy) is 1. The zero-order valence-corrected chi connectivity index (χ0v) is 7.10. The second kappa shape index (κ2) is 4.07. The van der Waals surface area contributed by atoms with Gasteiger partial charge in [-0.3, -0.25) is 4.79 Å². The van der Waals surface area contributed by atoms with Crippen molar-refractivity contribution in [1.82, 2.24) is 0 Å². The van der Waals surface area contributed by atoms with Gasteiger partial charge in [0, 0.05) is 6.92 Å². The molecule has 0 aliphatic carbocycles. The summed E-state index contributed by atoms with van der Waals surface area (Å²) in [5.41, 5.74) is 0.291. The lowest BCUT2D eigenvalue weighted by Gasteiger charge is -2.03. The summed E-state index contributed by atoms with van der Waals surface area (Å²) in [6.07, 6.45) is 0. The van der Waals surface area contributed by atoms with Crippen LogP contribution in [0.25, 0.3) is 0 Å². The number of hydrogen-bond acceptors (Lipinski definition) is 4. The van der Waals surface area contributed by atoms with Crippen LogP contribution >= 0.6 is 0 Å². The number of benzene rings is 1. The standard InChI is InChI=1S/C8H9BO4/c1-6(10)13-8-4-2-3-7(5-8)9(11)12/h2-5,11-12H,1H3. The molecule has 1 aromatic carbocycles. The Kier molecular flexibility index (Phi) is 3.05. The third kappa shape index (κ3) is 2.89. The highest BCUT2D eigenvalue weighted by Crippen LogP contribution is 2.07. The molecule has 0 aliphatic rings. The van der Waals surface area contributed by atoms with E-state index in [0.717, 1.165) is 0 Å². The van der Waals surface area contributed by atoms with Crippen molar-refractivity contribution in [3.63, 3.8) is 0 Å². The van der Waals surface area contributed by atoms with E-state index in [2.05, 4.69) is 0 Å². The van der Waals surface area contributed by atoms with Crippen molar-refractivity contribution in [2.45, 2.75) is 6.92 Å². The van der Waals surface area contributed by atoms with Gasteiger partial charge >= 0.3 is 13.1 Å². The molecule has 0 radical (unpaired) electrons. The fourth-order valence-electron chi connectivity index (χ4n) is 0.905. The first-order valence-electron chi connectivity index (χ1n) is 3.74. The van der Waals surface area contributed by atoms with E-state index in [1.54, 1.807) is 12.1 Å². The predicted octanol–water partition coefficient (Wildman–Crippen LogP) is -0.708. The second-order valence-corrected chi connectivity index (χ2v) is 2.54. The Labute approximate surface area is 75.9 Å². The maximum Gasteiger partial charge on any atom is 0.488 e. The average Bonchev–Trinajstić information content (AvgIpc) is 2.03. The summed E-state index contributed by atoms with van der Waals surface area (Å²) in [4.78, 5) is 10.5. The maximum atomic E-state index is 10.5. The van der Waals surface area contributed by atoms with Crippen LogP contribution < -0.4 is 10.2 Å². The number of hydrogen-bond donors (Lipinski definition) is 2. The Bertz CT molecular complexity index is 311. The molecule has 1 aromatic rings. The van der Waals surface area contributed by atoms with Crippen LogP contribution in [0.2, 0.25) is 0 Å². The minimum atomic E-state index is -1.55. The quantitative estimate of drug-likeness (QED) is 0.358. The number of esters is 1. The van der Waals surface area contributed by atoms with E-state index in [-0.39, 0.29) is 0 Å². The first-order valence-corrected chi connectivity index (χ1v) is 3.74. The molecule has 68 valence electrons. The van der Waals surface area contributed by atoms with E-state index < -0.39 is 13.1 Å². The van der Waals surface area contributed by atoms with Crippen LogP contribution in [0.4, 0.5) is 0 Å². The van der Waals surface area contributed by atoms with Crippen molar-refractivity contribution in [2.24, 2.45) is 0 Å². The molecule has 4 nitrogen and oxygen atoms in total. The van der Waals surface area contributed by atoms with Crippen LogP contribution in [0.5, 0.6) is 5.75 Å². The fourth-order valence-corrected chi connectivity index (χ4v) is 0.905. The average molecular weight is 180 g/mol. The topological polar surface area (TPSA) is 66.8 Å². The highest BCUT2D eigenvalue weighted by atomic mass is 16.5. The van der Waals surface area contributed by atoms with Gasteiger partial charge in [-0.05, 0) is 17.6 Å². The molecular formula is C8H9BO4. The SMILES string of the molecule is CC(=O)Oc1cccc(B(O)O)c1. The van der Waals surface area contributed by atoms with Gasteiger partial charge in [0.25, 0.3) is 0 Å². The Hall–Kier alpha value is -1.33. The van der Waals surface area contributed by atoms with E-state index in [0.29, 0.717) is 11.2 Å². The van der Waals surface area contributed by atoms with Crippen LogP contribution in [0.1, 0.15) is 6.92 Å². The molecule has 0 saturated heterocycles. The van der Waals surface area contributed by atoms with Crippen LogP contribution in [-0.2, 0) is 4.79 Å². The number of carbonyl (C=O) groups is 1. The summed E-state index contributed by atoms with van der Waals surface area (Å²) in [6.45, 7) is 1.28. The summed E-state index contributed by atoms with van der Waals surface area (Å²) in [6, 6.07) is 6.06. The van der Waals surface area contributed by atoms with Gasteiger partial charge in [-0.15, -0.1) is 0 Å². The number of rotatable bonds is 2. The van der Waals surface area contributed by atoms with Gasteiger partial charge < -0.3 is 14.8 Å². The largest absolute Gasteiger partial charge is 0.488 e. The van der Waals surface area contributed by atoms with Gasteiger partial charge in [0.2, 0.25) is 0 Å². The molecule has 0 amide bonds. The lowest BCUT2D eigenvalue weighted by Crippen LogP contribution is -2.29. The predicted molar refractivity (Wildman–Crippen MR) is 47.6 cm³/mol. The van der Waals surface area contributed by atoms with E-state index in [1.165, 1.54) is 19.1 Å². The van der Waals surface area contributed by atoms with Crippen molar-refractivity contribution >= 4 is 18.6 Å². The molecule has 5 heteroatoms. The maximum absolute atomic E-state index is 10.5. The molecule has 2 N–H and O–H groups in total. The molecule has 0 spiro atoms. The zero-order chi connectivity index (χ0) is 9.84. The van der Waals surface area contributed by atoms with Crippen molar-refractivity contribution in [3.8, 4) is 5.75 Å². The Balaban J connectivity index is 2.85. The van der Waals surface area contributed by atoms with Gasteiger partial charge in [-0.1, -0.05) is 12.1 Å². The van der Waals surface area contributed by atoms with Crippen LogP contribution in [0.15, 0.2) is 24.3 Å². The van der Waals surface area contributed by atoms with Gasteiger partial charge in [0.05, 0.1) is 0 Å². The second-order valence-electron chi connectivity index (χ2n) is 2.54. The lowest BCUT2D eigenvalue weighted by molar-refractivity contribution is -0.131. The van der Waals surface area contributed by atoms with Crippen LogP contribution in [0, 0.1) is 0 Å². The minimum absolute atomic E-state index is 0.291. The van der Waals surface area contributed by atoms with Gasteiger partial charge in [0.1, 0.15) is 5.75 Å². The zero-order valence-electron chi connectivity index (χ0n) is 7.10. The van der Waals surface area contributed by atoms with Crippen molar-refractivity contribution in [2.75, 3.05) is 0 Å². The molecule has 0 fully saturated rings. The summed E-state index contributed by atoms with van der Waals surface area (Å²) in [5, 5.41) is 17.6. The summed E-state index contributed by atoms with van der Waals surface area (Å²) in [5.74, 6) is -0.136. The Morgan fingerprint density at radius 2 is 2.15 bits per heavy atom. The molecular weight excluding hydrogens is 171 g/mol. The normalized spacial score (nSPS) is 9.46. The molecule has 0 bridgehead atoms. The monoisotopic (exact) mass is 180 g/mol. The van der Waals surface area contributed by atoms with Crippen molar-refractivity contribution in [1.29, 1.82) is 0 Å². The molecule has 0 saturated carbocycles. The van der Waals surface area contributed by atoms with Crippen LogP contribution in [0.3, 0.4) is 0 Å². The van der Waals surface area contributed by atoms with E-state index >= 15 is 0 Å². The molecule has 0 unspecified atom stereocenters. The minimum Gasteiger partial charge on any atom is -0.427 e. The summed E-state index contributed by atoms with van der Waals surface area (Å²) < 4.78 is 4.74. The lowest BCUT2D eigenvalue weighted by atomic mass is 9.80. The first kappa shape index (κ1) is 9.76. The van der Waals surface area contributed by atoms with E-state index in [9.17, 15) is 4.79 Å². The number of carbonyl (C=O) groups excluding carboxylic acids is 1. The van der Waals surface area contributed by atoms with Gasteiger partial charge in [-0.25, -0.2) is 0 Å².